The SMILES string of the molecule is O=C(Nc1ccccc1F)N1CCN(c2ccc(Nc3ccncc3)nn2)CC1. The molecule has 9 heteroatoms. The Hall–Kier alpha value is -3.75. The number of aromatic nitrogens is 3. The number of amides is 2. The average molecular weight is 393 g/mol. The Labute approximate surface area is 167 Å². The summed E-state index contributed by atoms with van der Waals surface area (Å²) in [7, 11) is 0. The lowest BCUT2D eigenvalue weighted by atomic mass is 10.3. The van der Waals surface area contributed by atoms with Crippen LogP contribution in [-0.2, 0) is 0 Å². The van der Waals surface area contributed by atoms with E-state index in [0.717, 1.165) is 11.5 Å². The number of hydrogen-bond acceptors (Lipinski definition) is 6. The summed E-state index contributed by atoms with van der Waals surface area (Å²) >= 11 is 0. The van der Waals surface area contributed by atoms with Gasteiger partial charge in [-0.3, -0.25) is 4.98 Å². The molecule has 3 aromatic rings. The van der Waals surface area contributed by atoms with Gasteiger partial charge in [0.05, 0.1) is 5.69 Å². The first kappa shape index (κ1) is 18.6. The quantitative estimate of drug-likeness (QED) is 0.708. The second kappa shape index (κ2) is 8.51. The minimum atomic E-state index is -0.449. The third kappa shape index (κ3) is 4.57. The summed E-state index contributed by atoms with van der Waals surface area (Å²) in [6.45, 7) is 2.27. The summed E-state index contributed by atoms with van der Waals surface area (Å²) in [6, 6.07) is 13.3. The van der Waals surface area contributed by atoms with Gasteiger partial charge in [-0.1, -0.05) is 12.1 Å². The number of rotatable bonds is 4. The Morgan fingerprint density at radius 3 is 2.38 bits per heavy atom. The number of hydrogen-bond donors (Lipinski definition) is 2. The van der Waals surface area contributed by atoms with Crippen LogP contribution in [0.25, 0.3) is 0 Å². The van der Waals surface area contributed by atoms with Crippen LogP contribution in [0.4, 0.5) is 32.2 Å². The molecule has 0 spiro atoms. The van der Waals surface area contributed by atoms with Crippen LogP contribution in [0.2, 0.25) is 0 Å². The number of pyridine rings is 1. The fourth-order valence-electron chi connectivity index (χ4n) is 3.04. The van der Waals surface area contributed by atoms with Crippen LogP contribution in [0, 0.1) is 5.82 Å². The molecular weight excluding hydrogens is 373 g/mol. The highest BCUT2D eigenvalue weighted by Crippen LogP contribution is 2.18. The number of anilines is 4. The Morgan fingerprint density at radius 1 is 0.931 bits per heavy atom. The lowest BCUT2D eigenvalue weighted by Crippen LogP contribution is -2.50. The van der Waals surface area contributed by atoms with Crippen molar-refractivity contribution >= 4 is 29.0 Å². The number of para-hydroxylation sites is 1. The molecule has 8 nitrogen and oxygen atoms in total. The first-order valence-corrected chi connectivity index (χ1v) is 9.25. The topological polar surface area (TPSA) is 86.3 Å². The van der Waals surface area contributed by atoms with Crippen molar-refractivity contribution in [2.45, 2.75) is 0 Å². The van der Waals surface area contributed by atoms with Gasteiger partial charge in [-0.2, -0.15) is 0 Å². The largest absolute Gasteiger partial charge is 0.352 e. The number of benzene rings is 1. The Bertz CT molecular complexity index is 960. The van der Waals surface area contributed by atoms with Gasteiger partial charge in [-0.15, -0.1) is 10.2 Å². The predicted octanol–water partition coefficient (Wildman–Crippen LogP) is 3.11. The molecule has 1 fully saturated rings. The summed E-state index contributed by atoms with van der Waals surface area (Å²) in [5.74, 6) is 0.942. The van der Waals surface area contributed by atoms with E-state index in [2.05, 4.69) is 30.7 Å². The Balaban J connectivity index is 1.31. The number of carbonyl (C=O) groups excluding carboxylic acids is 1. The van der Waals surface area contributed by atoms with E-state index in [9.17, 15) is 9.18 Å². The second-order valence-electron chi connectivity index (χ2n) is 6.52. The minimum absolute atomic E-state index is 0.183. The molecule has 148 valence electrons. The molecular formula is C20H20FN7O. The molecule has 0 bridgehead atoms. The van der Waals surface area contributed by atoms with E-state index in [1.807, 2.05) is 24.3 Å². The fraction of sp³-hybridized carbons (Fsp3) is 0.200. The van der Waals surface area contributed by atoms with Crippen molar-refractivity contribution in [1.29, 1.82) is 0 Å². The molecule has 1 aliphatic heterocycles. The lowest BCUT2D eigenvalue weighted by molar-refractivity contribution is 0.208. The first-order valence-electron chi connectivity index (χ1n) is 9.25. The normalized spacial score (nSPS) is 13.8. The Kier molecular flexibility index (Phi) is 5.46. The van der Waals surface area contributed by atoms with Crippen LogP contribution < -0.4 is 15.5 Å². The van der Waals surface area contributed by atoms with Gasteiger partial charge in [0.1, 0.15) is 5.82 Å². The highest BCUT2D eigenvalue weighted by atomic mass is 19.1. The van der Waals surface area contributed by atoms with Crippen LogP contribution in [0.1, 0.15) is 0 Å². The monoisotopic (exact) mass is 393 g/mol. The molecule has 0 saturated carbocycles. The van der Waals surface area contributed by atoms with E-state index in [1.165, 1.54) is 6.07 Å². The molecule has 2 N–H and O–H groups in total. The van der Waals surface area contributed by atoms with E-state index >= 15 is 0 Å². The molecule has 0 atom stereocenters. The van der Waals surface area contributed by atoms with Crippen molar-refractivity contribution in [3.8, 4) is 0 Å². The zero-order chi connectivity index (χ0) is 20.1. The Morgan fingerprint density at radius 2 is 1.69 bits per heavy atom. The van der Waals surface area contributed by atoms with Crippen molar-refractivity contribution in [3.63, 3.8) is 0 Å². The van der Waals surface area contributed by atoms with Crippen molar-refractivity contribution in [2.75, 3.05) is 41.7 Å². The van der Waals surface area contributed by atoms with Crippen LogP contribution >= 0.6 is 0 Å². The predicted molar refractivity (Wildman–Crippen MR) is 109 cm³/mol. The summed E-state index contributed by atoms with van der Waals surface area (Å²) in [5.41, 5.74) is 1.07. The van der Waals surface area contributed by atoms with E-state index in [1.54, 1.807) is 35.5 Å². The number of carbonyl (C=O) groups is 1. The van der Waals surface area contributed by atoms with Gasteiger partial charge in [-0.05, 0) is 36.4 Å². The average Bonchev–Trinajstić information content (AvgIpc) is 2.77. The molecule has 0 aliphatic carbocycles. The van der Waals surface area contributed by atoms with E-state index < -0.39 is 5.82 Å². The number of urea groups is 1. The molecule has 4 rings (SSSR count). The van der Waals surface area contributed by atoms with Gasteiger partial charge in [0.2, 0.25) is 0 Å². The fourth-order valence-corrected chi connectivity index (χ4v) is 3.04. The summed E-state index contributed by atoms with van der Waals surface area (Å²) < 4.78 is 13.7. The number of piperazine rings is 1. The lowest BCUT2D eigenvalue weighted by Gasteiger charge is -2.35. The van der Waals surface area contributed by atoms with Gasteiger partial charge in [0.25, 0.3) is 0 Å². The second-order valence-corrected chi connectivity index (χ2v) is 6.52. The third-order valence-corrected chi connectivity index (χ3v) is 4.61. The number of nitrogens with one attached hydrogen (secondary N) is 2. The van der Waals surface area contributed by atoms with Crippen LogP contribution in [0.3, 0.4) is 0 Å². The zero-order valence-electron chi connectivity index (χ0n) is 15.6. The standard InChI is InChI=1S/C20H20FN7O/c21-16-3-1-2-4-17(16)24-20(29)28-13-11-27(12-14-28)19-6-5-18(25-26-19)23-15-7-9-22-10-8-15/h1-10H,11-14H2,(H,24,29)(H,22,23,25). The summed E-state index contributed by atoms with van der Waals surface area (Å²) in [4.78, 5) is 20.1. The smallest absolute Gasteiger partial charge is 0.322 e. The highest BCUT2D eigenvalue weighted by molar-refractivity contribution is 5.89. The summed E-state index contributed by atoms with van der Waals surface area (Å²) in [6.07, 6.45) is 3.40. The van der Waals surface area contributed by atoms with E-state index in [0.29, 0.717) is 32.0 Å². The van der Waals surface area contributed by atoms with Gasteiger partial charge in [-0.25, -0.2) is 9.18 Å². The van der Waals surface area contributed by atoms with Crippen LogP contribution in [0.15, 0.2) is 60.9 Å². The number of halogens is 1. The van der Waals surface area contributed by atoms with Crippen LogP contribution in [0.5, 0.6) is 0 Å². The van der Waals surface area contributed by atoms with Crippen molar-refractivity contribution in [1.82, 2.24) is 20.1 Å². The maximum atomic E-state index is 13.7. The third-order valence-electron chi connectivity index (χ3n) is 4.61. The molecule has 0 unspecified atom stereocenters. The highest BCUT2D eigenvalue weighted by Gasteiger charge is 2.22. The summed E-state index contributed by atoms with van der Waals surface area (Å²) in [5, 5.41) is 14.3. The van der Waals surface area contributed by atoms with Crippen molar-refractivity contribution in [3.05, 3.63) is 66.7 Å². The number of nitrogens with zero attached hydrogens (tertiary/aromatic N) is 5. The maximum absolute atomic E-state index is 13.7. The van der Waals surface area contributed by atoms with Crippen molar-refractivity contribution in [2.24, 2.45) is 0 Å². The molecule has 1 aliphatic rings. The van der Waals surface area contributed by atoms with Gasteiger partial charge in [0.15, 0.2) is 11.6 Å². The molecule has 2 aromatic heterocycles. The minimum Gasteiger partial charge on any atom is -0.352 e. The molecule has 2 amide bonds. The molecule has 1 aromatic carbocycles. The maximum Gasteiger partial charge on any atom is 0.322 e. The van der Waals surface area contributed by atoms with Gasteiger partial charge >= 0.3 is 6.03 Å². The molecule has 29 heavy (non-hydrogen) atoms. The van der Waals surface area contributed by atoms with Crippen molar-refractivity contribution < 1.29 is 9.18 Å². The van der Waals surface area contributed by atoms with E-state index in [4.69, 9.17) is 0 Å². The zero-order valence-corrected chi connectivity index (χ0v) is 15.6. The van der Waals surface area contributed by atoms with E-state index in [-0.39, 0.29) is 11.7 Å². The first-order chi connectivity index (χ1) is 14.2. The van der Waals surface area contributed by atoms with Crippen LogP contribution in [-0.4, -0.2) is 52.3 Å². The molecule has 1 saturated heterocycles. The van der Waals surface area contributed by atoms with Gasteiger partial charge in [0, 0.05) is 44.3 Å². The molecule has 0 radical (unpaired) electrons. The van der Waals surface area contributed by atoms with Gasteiger partial charge < -0.3 is 20.4 Å². The molecule has 3 heterocycles.